The van der Waals surface area contributed by atoms with E-state index in [9.17, 15) is 0 Å². The van der Waals surface area contributed by atoms with Crippen molar-refractivity contribution in [2.24, 2.45) is 0 Å². The van der Waals surface area contributed by atoms with Gasteiger partial charge in [-0.05, 0) is 43.2 Å². The summed E-state index contributed by atoms with van der Waals surface area (Å²) in [5, 5.41) is 7.48. The summed E-state index contributed by atoms with van der Waals surface area (Å²) in [5.41, 5.74) is 10.2. The highest BCUT2D eigenvalue weighted by Crippen LogP contribution is 2.22. The van der Waals surface area contributed by atoms with Gasteiger partial charge < -0.3 is 11.1 Å². The number of nitrogens with two attached hydrogens (primary N) is 1. The van der Waals surface area contributed by atoms with Crippen LogP contribution in [0.4, 0.5) is 11.4 Å². The van der Waals surface area contributed by atoms with Crippen molar-refractivity contribution in [1.82, 2.24) is 9.78 Å². The maximum atomic E-state index is 5.96. The van der Waals surface area contributed by atoms with E-state index in [0.717, 1.165) is 24.5 Å². The van der Waals surface area contributed by atoms with Crippen LogP contribution >= 0.6 is 0 Å². The number of anilines is 2. The molecule has 0 aliphatic rings. The van der Waals surface area contributed by atoms with Crippen LogP contribution in [-0.4, -0.2) is 16.3 Å². The molecule has 4 nitrogen and oxygen atoms in total. The zero-order valence-electron chi connectivity index (χ0n) is 10.3. The van der Waals surface area contributed by atoms with Crippen LogP contribution in [0.15, 0.2) is 30.6 Å². The fourth-order valence-corrected chi connectivity index (χ4v) is 1.73. The van der Waals surface area contributed by atoms with Crippen molar-refractivity contribution in [2.45, 2.75) is 20.4 Å². The third-order valence-electron chi connectivity index (χ3n) is 2.88. The van der Waals surface area contributed by atoms with Gasteiger partial charge in [-0.15, -0.1) is 0 Å². The van der Waals surface area contributed by atoms with Crippen molar-refractivity contribution in [3.63, 3.8) is 0 Å². The Hall–Kier alpha value is -1.97. The van der Waals surface area contributed by atoms with E-state index < -0.39 is 0 Å². The van der Waals surface area contributed by atoms with Crippen LogP contribution in [0.5, 0.6) is 0 Å². The molecule has 0 saturated carbocycles. The summed E-state index contributed by atoms with van der Waals surface area (Å²) >= 11 is 0. The molecule has 0 radical (unpaired) electrons. The summed E-state index contributed by atoms with van der Waals surface area (Å²) in [7, 11) is 0. The number of rotatable bonds is 4. The van der Waals surface area contributed by atoms with E-state index in [1.807, 2.05) is 23.0 Å². The predicted molar refractivity (Wildman–Crippen MR) is 71.0 cm³/mol. The largest absolute Gasteiger partial charge is 0.397 e. The van der Waals surface area contributed by atoms with Gasteiger partial charge in [-0.25, -0.2) is 0 Å². The topological polar surface area (TPSA) is 55.9 Å². The Balaban J connectivity index is 1.97. The van der Waals surface area contributed by atoms with Crippen LogP contribution in [0.1, 0.15) is 11.1 Å². The Morgan fingerprint density at radius 1 is 1.29 bits per heavy atom. The van der Waals surface area contributed by atoms with Crippen LogP contribution in [0, 0.1) is 13.8 Å². The van der Waals surface area contributed by atoms with Gasteiger partial charge in [0.1, 0.15) is 0 Å². The maximum absolute atomic E-state index is 5.96. The molecule has 1 aromatic heterocycles. The average Bonchev–Trinajstić information content (AvgIpc) is 2.78. The van der Waals surface area contributed by atoms with Crippen molar-refractivity contribution in [3.8, 4) is 0 Å². The predicted octanol–water partition coefficient (Wildman–Crippen LogP) is 2.19. The molecule has 0 unspecified atom stereocenters. The highest BCUT2D eigenvalue weighted by molar-refractivity contribution is 5.68. The van der Waals surface area contributed by atoms with Gasteiger partial charge in [0.15, 0.2) is 0 Å². The van der Waals surface area contributed by atoms with E-state index >= 15 is 0 Å². The van der Waals surface area contributed by atoms with E-state index in [-0.39, 0.29) is 0 Å². The molecule has 0 amide bonds. The first-order valence-electron chi connectivity index (χ1n) is 5.75. The minimum Gasteiger partial charge on any atom is -0.397 e. The lowest BCUT2D eigenvalue weighted by atomic mass is 10.1. The first-order chi connectivity index (χ1) is 8.16. The van der Waals surface area contributed by atoms with Crippen molar-refractivity contribution < 1.29 is 0 Å². The Kier molecular flexibility index (Phi) is 3.32. The fraction of sp³-hybridized carbons (Fsp3) is 0.308. The van der Waals surface area contributed by atoms with Crippen molar-refractivity contribution >= 4 is 11.4 Å². The normalized spacial score (nSPS) is 10.5. The maximum Gasteiger partial charge on any atom is 0.0582 e. The summed E-state index contributed by atoms with van der Waals surface area (Å²) in [4.78, 5) is 0. The van der Waals surface area contributed by atoms with Gasteiger partial charge in [0, 0.05) is 18.9 Å². The monoisotopic (exact) mass is 230 g/mol. The number of hydrogen-bond donors (Lipinski definition) is 2. The second-order valence-corrected chi connectivity index (χ2v) is 4.22. The molecular formula is C13H18N4. The van der Waals surface area contributed by atoms with Gasteiger partial charge in [-0.3, -0.25) is 4.68 Å². The second-order valence-electron chi connectivity index (χ2n) is 4.22. The van der Waals surface area contributed by atoms with E-state index in [1.165, 1.54) is 11.1 Å². The Morgan fingerprint density at radius 2 is 2.06 bits per heavy atom. The summed E-state index contributed by atoms with van der Waals surface area (Å²) in [6.45, 7) is 5.81. The van der Waals surface area contributed by atoms with Gasteiger partial charge in [-0.2, -0.15) is 5.10 Å². The molecule has 17 heavy (non-hydrogen) atoms. The SMILES string of the molecule is Cc1cc(N)c(NCCn2cccn2)cc1C. The van der Waals surface area contributed by atoms with Crippen molar-refractivity contribution in [2.75, 3.05) is 17.6 Å². The van der Waals surface area contributed by atoms with Gasteiger partial charge in [0.2, 0.25) is 0 Å². The van der Waals surface area contributed by atoms with Crippen LogP contribution < -0.4 is 11.1 Å². The second kappa shape index (κ2) is 4.91. The number of benzene rings is 1. The van der Waals surface area contributed by atoms with Gasteiger partial charge in [0.25, 0.3) is 0 Å². The molecule has 0 bridgehead atoms. The van der Waals surface area contributed by atoms with Crippen LogP contribution in [0.2, 0.25) is 0 Å². The molecule has 0 atom stereocenters. The molecular weight excluding hydrogens is 212 g/mol. The molecule has 0 aliphatic heterocycles. The zero-order chi connectivity index (χ0) is 12.3. The van der Waals surface area contributed by atoms with Crippen LogP contribution in [0.25, 0.3) is 0 Å². The fourth-order valence-electron chi connectivity index (χ4n) is 1.73. The third kappa shape index (κ3) is 2.78. The molecule has 0 saturated heterocycles. The lowest BCUT2D eigenvalue weighted by molar-refractivity contribution is 0.638. The minimum absolute atomic E-state index is 0.800. The quantitative estimate of drug-likeness (QED) is 0.792. The number of nitrogens with one attached hydrogen (secondary N) is 1. The van der Waals surface area contributed by atoms with Crippen molar-refractivity contribution in [1.29, 1.82) is 0 Å². The summed E-state index contributed by atoms with van der Waals surface area (Å²) in [6, 6.07) is 6.02. The van der Waals surface area contributed by atoms with Crippen molar-refractivity contribution in [3.05, 3.63) is 41.7 Å². The van der Waals surface area contributed by atoms with E-state index in [1.54, 1.807) is 6.20 Å². The number of aromatic nitrogens is 2. The van der Waals surface area contributed by atoms with E-state index in [2.05, 4.69) is 30.3 Å². The van der Waals surface area contributed by atoms with Crippen LogP contribution in [-0.2, 0) is 6.54 Å². The average molecular weight is 230 g/mol. The highest BCUT2D eigenvalue weighted by Gasteiger charge is 2.01. The zero-order valence-corrected chi connectivity index (χ0v) is 10.3. The third-order valence-corrected chi connectivity index (χ3v) is 2.88. The molecule has 0 aliphatic carbocycles. The Morgan fingerprint density at radius 3 is 2.76 bits per heavy atom. The smallest absolute Gasteiger partial charge is 0.0582 e. The van der Waals surface area contributed by atoms with E-state index in [4.69, 9.17) is 5.73 Å². The standard InChI is InChI=1S/C13H18N4/c1-10-8-12(14)13(9-11(10)2)15-5-7-17-6-3-4-16-17/h3-4,6,8-9,15H,5,7,14H2,1-2H3. The lowest BCUT2D eigenvalue weighted by Gasteiger charge is -2.12. The number of nitrogens with zero attached hydrogens (tertiary/aromatic N) is 2. The molecule has 90 valence electrons. The molecule has 1 heterocycles. The minimum atomic E-state index is 0.800. The number of aryl methyl sites for hydroxylation is 2. The van der Waals surface area contributed by atoms with Gasteiger partial charge in [0.05, 0.1) is 17.9 Å². The molecule has 2 rings (SSSR count). The highest BCUT2D eigenvalue weighted by atomic mass is 15.3. The Labute approximate surface area is 101 Å². The van der Waals surface area contributed by atoms with E-state index in [0.29, 0.717) is 0 Å². The molecule has 4 heteroatoms. The Bertz CT molecular complexity index is 488. The first-order valence-corrected chi connectivity index (χ1v) is 5.75. The molecule has 2 aromatic rings. The summed E-state index contributed by atoms with van der Waals surface area (Å²) < 4.78 is 1.89. The summed E-state index contributed by atoms with van der Waals surface area (Å²) in [5.74, 6) is 0. The number of hydrogen-bond acceptors (Lipinski definition) is 3. The lowest BCUT2D eigenvalue weighted by Crippen LogP contribution is -2.12. The first kappa shape index (κ1) is 11.5. The molecule has 3 N–H and O–H groups in total. The molecule has 0 spiro atoms. The molecule has 1 aromatic carbocycles. The summed E-state index contributed by atoms with van der Waals surface area (Å²) in [6.07, 6.45) is 3.73. The molecule has 0 fully saturated rings. The number of nitrogen functional groups attached to an aromatic ring is 1. The van der Waals surface area contributed by atoms with Gasteiger partial charge >= 0.3 is 0 Å². The van der Waals surface area contributed by atoms with Crippen LogP contribution in [0.3, 0.4) is 0 Å². The van der Waals surface area contributed by atoms with Gasteiger partial charge in [-0.1, -0.05) is 0 Å².